The van der Waals surface area contributed by atoms with Crippen LogP contribution in [-0.4, -0.2) is 28.8 Å². The van der Waals surface area contributed by atoms with Crippen LogP contribution in [0.15, 0.2) is 46.0 Å². The smallest absolute Gasteiger partial charge is 0.271 e. The van der Waals surface area contributed by atoms with Gasteiger partial charge in [-0.3, -0.25) is 4.79 Å². The van der Waals surface area contributed by atoms with Gasteiger partial charge in [0.1, 0.15) is 11.6 Å². The van der Waals surface area contributed by atoms with Crippen molar-refractivity contribution in [2.24, 2.45) is 5.10 Å². The first-order chi connectivity index (χ1) is 12.5. The number of nitrogens with one attached hydrogen (secondary N) is 1. The number of fused-ring (bicyclic) bond motifs is 1. The molecule has 0 aliphatic carbocycles. The summed E-state index contributed by atoms with van der Waals surface area (Å²) < 4.78 is 8.11. The van der Waals surface area contributed by atoms with Crippen molar-refractivity contribution in [1.82, 2.24) is 15.0 Å². The largest absolute Gasteiger partial charge is 0.496 e. The second-order valence-corrected chi connectivity index (χ2v) is 6.55. The SMILES string of the molecule is CCn1c(C)nc2cc(C(=O)N/N=C\c3ccc(OC)c(Br)c3)ccc21. The number of hydrogen-bond acceptors (Lipinski definition) is 4. The number of rotatable bonds is 5. The number of nitrogens with zero attached hydrogens (tertiary/aromatic N) is 3. The minimum Gasteiger partial charge on any atom is -0.496 e. The Morgan fingerprint density at radius 1 is 1.35 bits per heavy atom. The fourth-order valence-corrected chi connectivity index (χ4v) is 3.34. The minimum atomic E-state index is -0.278. The van der Waals surface area contributed by atoms with Crippen molar-refractivity contribution in [3.63, 3.8) is 0 Å². The number of aryl methyl sites for hydroxylation is 2. The van der Waals surface area contributed by atoms with Gasteiger partial charge in [-0.25, -0.2) is 10.4 Å². The van der Waals surface area contributed by atoms with E-state index in [0.29, 0.717) is 5.56 Å². The lowest BCUT2D eigenvalue weighted by Gasteiger charge is -2.04. The fraction of sp³-hybridized carbons (Fsp3) is 0.211. The molecule has 0 spiro atoms. The summed E-state index contributed by atoms with van der Waals surface area (Å²) in [6.45, 7) is 4.87. The molecule has 26 heavy (non-hydrogen) atoms. The number of hydrazone groups is 1. The van der Waals surface area contributed by atoms with Crippen LogP contribution < -0.4 is 10.2 Å². The van der Waals surface area contributed by atoms with Gasteiger partial charge in [0, 0.05) is 12.1 Å². The third kappa shape index (κ3) is 3.62. The maximum absolute atomic E-state index is 12.3. The highest BCUT2D eigenvalue weighted by Crippen LogP contribution is 2.24. The first-order valence-electron chi connectivity index (χ1n) is 8.17. The van der Waals surface area contributed by atoms with Crippen LogP contribution in [-0.2, 0) is 6.54 Å². The molecule has 0 unspecified atom stereocenters. The van der Waals surface area contributed by atoms with Gasteiger partial charge in [0.15, 0.2) is 0 Å². The maximum atomic E-state index is 12.3. The summed E-state index contributed by atoms with van der Waals surface area (Å²) in [5.41, 5.74) is 5.73. The lowest BCUT2D eigenvalue weighted by atomic mass is 10.2. The Morgan fingerprint density at radius 3 is 2.85 bits per heavy atom. The van der Waals surface area contributed by atoms with Crippen LogP contribution in [0.5, 0.6) is 5.75 Å². The first kappa shape index (κ1) is 18.1. The van der Waals surface area contributed by atoms with E-state index in [1.165, 1.54) is 0 Å². The summed E-state index contributed by atoms with van der Waals surface area (Å²) in [6.07, 6.45) is 1.58. The van der Waals surface area contributed by atoms with Crippen molar-refractivity contribution in [1.29, 1.82) is 0 Å². The zero-order chi connectivity index (χ0) is 18.7. The molecule has 3 aromatic rings. The Bertz CT molecular complexity index is 995. The van der Waals surface area contributed by atoms with E-state index in [-0.39, 0.29) is 5.91 Å². The lowest BCUT2D eigenvalue weighted by Crippen LogP contribution is -2.17. The van der Waals surface area contributed by atoms with Gasteiger partial charge in [0.2, 0.25) is 0 Å². The van der Waals surface area contributed by atoms with Crippen molar-refractivity contribution in [2.75, 3.05) is 7.11 Å². The molecule has 1 N–H and O–H groups in total. The Labute approximate surface area is 160 Å². The number of ether oxygens (including phenoxy) is 1. The highest BCUT2D eigenvalue weighted by atomic mass is 79.9. The number of benzene rings is 2. The Balaban J connectivity index is 1.73. The van der Waals surface area contributed by atoms with Gasteiger partial charge < -0.3 is 9.30 Å². The summed E-state index contributed by atoms with van der Waals surface area (Å²) in [5, 5.41) is 4.02. The van der Waals surface area contributed by atoms with E-state index >= 15 is 0 Å². The van der Waals surface area contributed by atoms with Gasteiger partial charge in [0.25, 0.3) is 5.91 Å². The normalized spacial score (nSPS) is 11.2. The summed E-state index contributed by atoms with van der Waals surface area (Å²) in [4.78, 5) is 16.8. The van der Waals surface area contributed by atoms with E-state index in [9.17, 15) is 4.79 Å². The Hall–Kier alpha value is -2.67. The van der Waals surface area contributed by atoms with Crippen LogP contribution in [0, 0.1) is 6.92 Å². The zero-order valence-electron chi connectivity index (χ0n) is 14.8. The molecule has 7 heteroatoms. The number of amides is 1. The quantitative estimate of drug-likeness (QED) is 0.508. The molecule has 0 saturated carbocycles. The van der Waals surface area contributed by atoms with E-state index < -0.39 is 0 Å². The molecule has 6 nitrogen and oxygen atoms in total. The summed E-state index contributed by atoms with van der Waals surface area (Å²) >= 11 is 3.42. The van der Waals surface area contributed by atoms with Gasteiger partial charge in [-0.2, -0.15) is 5.10 Å². The molecule has 1 heterocycles. The third-order valence-electron chi connectivity index (χ3n) is 4.07. The van der Waals surface area contributed by atoms with Gasteiger partial charge in [-0.15, -0.1) is 0 Å². The molecule has 0 saturated heterocycles. The second-order valence-electron chi connectivity index (χ2n) is 5.70. The third-order valence-corrected chi connectivity index (χ3v) is 4.69. The van der Waals surface area contributed by atoms with Crippen molar-refractivity contribution < 1.29 is 9.53 Å². The molecule has 0 radical (unpaired) electrons. The molecule has 0 aliphatic rings. The molecule has 0 atom stereocenters. The second kappa shape index (κ2) is 7.70. The molecule has 1 amide bonds. The topological polar surface area (TPSA) is 68.5 Å². The highest BCUT2D eigenvalue weighted by Gasteiger charge is 2.10. The molecule has 0 bridgehead atoms. The van der Waals surface area contributed by atoms with Gasteiger partial charge in [-0.1, -0.05) is 0 Å². The molecule has 3 rings (SSSR count). The maximum Gasteiger partial charge on any atom is 0.271 e. The molecule has 1 aromatic heterocycles. The van der Waals surface area contributed by atoms with Gasteiger partial charge >= 0.3 is 0 Å². The lowest BCUT2D eigenvalue weighted by molar-refractivity contribution is 0.0955. The van der Waals surface area contributed by atoms with Crippen molar-refractivity contribution in [3.05, 3.63) is 57.8 Å². The molecule has 0 fully saturated rings. The summed E-state index contributed by atoms with van der Waals surface area (Å²) in [6, 6.07) is 11.0. The van der Waals surface area contributed by atoms with Crippen LogP contribution in [0.3, 0.4) is 0 Å². The number of halogens is 1. The molecular formula is C19H19BrN4O2. The van der Waals surface area contributed by atoms with E-state index in [1.807, 2.05) is 31.2 Å². The van der Waals surface area contributed by atoms with Gasteiger partial charge in [0.05, 0.1) is 28.8 Å². The van der Waals surface area contributed by atoms with Crippen LogP contribution in [0.25, 0.3) is 11.0 Å². The number of hydrogen-bond donors (Lipinski definition) is 1. The average Bonchev–Trinajstić information content (AvgIpc) is 2.95. The van der Waals surface area contributed by atoms with Crippen LogP contribution in [0.4, 0.5) is 0 Å². The van der Waals surface area contributed by atoms with E-state index in [4.69, 9.17) is 4.74 Å². The molecule has 134 valence electrons. The van der Waals surface area contributed by atoms with Crippen molar-refractivity contribution >= 4 is 39.1 Å². The number of methoxy groups -OCH3 is 1. The number of carbonyl (C=O) groups is 1. The van der Waals surface area contributed by atoms with E-state index in [2.05, 4.69) is 42.9 Å². The van der Waals surface area contributed by atoms with Crippen LogP contribution >= 0.6 is 15.9 Å². The predicted octanol–water partition coefficient (Wildman–Crippen LogP) is 3.90. The van der Waals surface area contributed by atoms with Gasteiger partial charge in [-0.05, 0) is 71.7 Å². The Kier molecular flexibility index (Phi) is 5.37. The zero-order valence-corrected chi connectivity index (χ0v) is 16.4. The number of imidazole rings is 1. The minimum absolute atomic E-state index is 0.278. The van der Waals surface area contributed by atoms with E-state index in [0.717, 1.165) is 39.2 Å². The number of aromatic nitrogens is 2. The Morgan fingerprint density at radius 2 is 2.15 bits per heavy atom. The molecular weight excluding hydrogens is 396 g/mol. The first-order valence-corrected chi connectivity index (χ1v) is 8.96. The number of carbonyl (C=O) groups excluding carboxylic acids is 1. The average molecular weight is 415 g/mol. The van der Waals surface area contributed by atoms with Crippen LogP contribution in [0.1, 0.15) is 28.7 Å². The fourth-order valence-electron chi connectivity index (χ4n) is 2.78. The van der Waals surface area contributed by atoms with Crippen LogP contribution in [0.2, 0.25) is 0 Å². The van der Waals surface area contributed by atoms with E-state index in [1.54, 1.807) is 25.5 Å². The van der Waals surface area contributed by atoms with Crippen molar-refractivity contribution in [2.45, 2.75) is 20.4 Å². The standard InChI is InChI=1S/C19H19BrN4O2/c1-4-24-12(2)22-16-10-14(6-7-17(16)24)19(25)23-21-11-13-5-8-18(26-3)15(20)9-13/h5-11H,4H2,1-3H3,(H,23,25)/b21-11-. The molecule has 0 aliphatic heterocycles. The van der Waals surface area contributed by atoms with Crippen molar-refractivity contribution in [3.8, 4) is 5.75 Å². The summed E-state index contributed by atoms with van der Waals surface area (Å²) in [7, 11) is 1.61. The molecule has 2 aromatic carbocycles. The summed E-state index contributed by atoms with van der Waals surface area (Å²) in [5.74, 6) is 1.39. The predicted molar refractivity (Wildman–Crippen MR) is 106 cm³/mol. The monoisotopic (exact) mass is 414 g/mol. The highest BCUT2D eigenvalue weighted by molar-refractivity contribution is 9.10.